The van der Waals surface area contributed by atoms with Crippen LogP contribution in [0.15, 0.2) is 59.7 Å². The highest BCUT2D eigenvalue weighted by Crippen LogP contribution is 2.09. The van der Waals surface area contributed by atoms with Crippen molar-refractivity contribution in [1.29, 1.82) is 0 Å². The molecule has 3 nitrogen and oxygen atoms in total. The van der Waals surface area contributed by atoms with E-state index in [1.54, 1.807) is 0 Å². The first-order chi connectivity index (χ1) is 11.2. The van der Waals surface area contributed by atoms with Crippen LogP contribution in [0.5, 0.6) is 0 Å². The molecule has 0 saturated heterocycles. The maximum Gasteiger partial charge on any atom is 0.191 e. The molecule has 0 atom stereocenters. The summed E-state index contributed by atoms with van der Waals surface area (Å²) in [6, 6.07) is 18.1. The summed E-state index contributed by atoms with van der Waals surface area (Å²) in [6.07, 6.45) is 1.67. The van der Waals surface area contributed by atoms with E-state index in [0.717, 1.165) is 29.8 Å². The number of thiocarbonyl (C=S) groups is 1. The van der Waals surface area contributed by atoms with E-state index in [0.29, 0.717) is 11.0 Å². The molecular weight excluding hydrogens is 326 g/mol. The van der Waals surface area contributed by atoms with Crippen LogP contribution in [0.1, 0.15) is 24.0 Å². The van der Waals surface area contributed by atoms with Crippen LogP contribution >= 0.6 is 23.8 Å². The third-order valence-electron chi connectivity index (χ3n) is 3.26. The Labute approximate surface area is 147 Å². The first-order valence-electron chi connectivity index (χ1n) is 7.50. The van der Waals surface area contributed by atoms with Crippen molar-refractivity contribution in [2.45, 2.75) is 19.8 Å². The molecule has 120 valence electrons. The summed E-state index contributed by atoms with van der Waals surface area (Å²) >= 11 is 11.1. The third-order valence-corrected chi connectivity index (χ3v) is 3.72. The molecule has 0 bridgehead atoms. The highest BCUT2D eigenvalue weighted by Gasteiger charge is 2.04. The van der Waals surface area contributed by atoms with Crippen molar-refractivity contribution >= 4 is 40.3 Å². The molecule has 0 radical (unpaired) electrons. The van der Waals surface area contributed by atoms with Gasteiger partial charge in [0.1, 0.15) is 0 Å². The Bertz CT molecular complexity index is 654. The number of anilines is 1. The molecule has 0 aliphatic heterocycles. The minimum Gasteiger partial charge on any atom is -0.331 e. The number of hydrogen-bond acceptors (Lipinski definition) is 2. The van der Waals surface area contributed by atoms with Crippen molar-refractivity contribution in [1.82, 2.24) is 5.43 Å². The molecule has 0 spiro atoms. The highest BCUT2D eigenvalue weighted by molar-refractivity contribution is 7.80. The molecule has 0 aliphatic carbocycles. The number of benzene rings is 2. The Hall–Kier alpha value is -1.91. The van der Waals surface area contributed by atoms with Crippen LogP contribution in [0, 0.1) is 6.92 Å². The van der Waals surface area contributed by atoms with Gasteiger partial charge in [0.2, 0.25) is 0 Å². The molecule has 23 heavy (non-hydrogen) atoms. The predicted octanol–water partition coefficient (Wildman–Crippen LogP) is 4.70. The largest absolute Gasteiger partial charge is 0.331 e. The zero-order chi connectivity index (χ0) is 16.5. The van der Waals surface area contributed by atoms with E-state index in [4.69, 9.17) is 23.8 Å². The molecule has 2 aromatic rings. The molecular formula is C18H20ClN3S. The minimum absolute atomic E-state index is 0.466. The van der Waals surface area contributed by atoms with Gasteiger partial charge < -0.3 is 5.32 Å². The molecule has 2 aromatic carbocycles. The third kappa shape index (κ3) is 6.00. The van der Waals surface area contributed by atoms with E-state index in [-0.39, 0.29) is 0 Å². The Balaban J connectivity index is 2.01. The van der Waals surface area contributed by atoms with Crippen molar-refractivity contribution in [2.24, 2.45) is 5.10 Å². The summed E-state index contributed by atoms with van der Waals surface area (Å²) in [5, 5.41) is 8.03. The number of halogens is 1. The molecule has 0 unspecified atom stereocenters. The first kappa shape index (κ1) is 17.4. The summed E-state index contributed by atoms with van der Waals surface area (Å²) in [5.41, 5.74) is 7.08. The fourth-order valence-corrected chi connectivity index (χ4v) is 2.34. The van der Waals surface area contributed by atoms with Gasteiger partial charge in [-0.05, 0) is 49.7 Å². The van der Waals surface area contributed by atoms with Crippen molar-refractivity contribution < 1.29 is 0 Å². The van der Waals surface area contributed by atoms with E-state index in [2.05, 4.69) is 15.8 Å². The Morgan fingerprint density at radius 3 is 2.43 bits per heavy atom. The molecule has 0 fully saturated rings. The average Bonchev–Trinajstić information content (AvgIpc) is 2.58. The van der Waals surface area contributed by atoms with Crippen molar-refractivity contribution in [2.75, 3.05) is 11.2 Å². The van der Waals surface area contributed by atoms with Gasteiger partial charge in [-0.15, -0.1) is 11.6 Å². The standard InChI is InChI=1S/C18H20ClN3S/c1-14-9-11-16(12-10-14)20-18(23)22-21-17(8-5-13-19)15-6-3-2-4-7-15/h2-4,6-7,9-12H,5,8,13H2,1H3,(H2,20,22,23)/b21-17-. The Morgan fingerprint density at radius 2 is 1.78 bits per heavy atom. The lowest BCUT2D eigenvalue weighted by Crippen LogP contribution is -2.25. The van der Waals surface area contributed by atoms with Crippen LogP contribution in [0.4, 0.5) is 5.69 Å². The van der Waals surface area contributed by atoms with Gasteiger partial charge in [-0.1, -0.05) is 48.0 Å². The number of nitrogens with zero attached hydrogens (tertiary/aromatic N) is 1. The van der Waals surface area contributed by atoms with Gasteiger partial charge in [0.05, 0.1) is 5.71 Å². The average molecular weight is 346 g/mol. The van der Waals surface area contributed by atoms with Gasteiger partial charge in [0, 0.05) is 11.6 Å². The topological polar surface area (TPSA) is 36.4 Å². The second-order valence-corrected chi connectivity index (χ2v) is 5.94. The first-order valence-corrected chi connectivity index (χ1v) is 8.45. The van der Waals surface area contributed by atoms with E-state index in [9.17, 15) is 0 Å². The van der Waals surface area contributed by atoms with Gasteiger partial charge in [-0.2, -0.15) is 5.10 Å². The zero-order valence-corrected chi connectivity index (χ0v) is 14.6. The van der Waals surface area contributed by atoms with Crippen LogP contribution in [-0.2, 0) is 0 Å². The van der Waals surface area contributed by atoms with Crippen LogP contribution in [0.2, 0.25) is 0 Å². The number of alkyl halides is 1. The van der Waals surface area contributed by atoms with Gasteiger partial charge >= 0.3 is 0 Å². The summed E-state index contributed by atoms with van der Waals surface area (Å²) in [5.74, 6) is 0.609. The fourth-order valence-electron chi connectivity index (χ4n) is 2.04. The summed E-state index contributed by atoms with van der Waals surface area (Å²) < 4.78 is 0. The second-order valence-electron chi connectivity index (χ2n) is 5.15. The second kappa shape index (κ2) is 9.28. The Kier molecular flexibility index (Phi) is 7.04. The number of rotatable bonds is 6. The number of aryl methyl sites for hydroxylation is 1. The van der Waals surface area contributed by atoms with E-state index in [1.807, 2.05) is 61.5 Å². The van der Waals surface area contributed by atoms with Crippen LogP contribution < -0.4 is 10.7 Å². The molecule has 0 aromatic heterocycles. The summed E-state index contributed by atoms with van der Waals surface area (Å²) in [7, 11) is 0. The molecule has 0 amide bonds. The maximum absolute atomic E-state index is 5.80. The number of nitrogens with one attached hydrogen (secondary N) is 2. The molecule has 2 N–H and O–H groups in total. The van der Waals surface area contributed by atoms with E-state index >= 15 is 0 Å². The SMILES string of the molecule is Cc1ccc(NC(=S)N/N=C(/CCCCl)c2ccccc2)cc1. The van der Waals surface area contributed by atoms with Gasteiger partial charge in [0.15, 0.2) is 5.11 Å². The quantitative estimate of drug-likeness (QED) is 0.344. The fraction of sp³-hybridized carbons (Fsp3) is 0.222. The zero-order valence-electron chi connectivity index (χ0n) is 13.1. The Morgan fingerprint density at radius 1 is 1.09 bits per heavy atom. The van der Waals surface area contributed by atoms with Crippen molar-refractivity contribution in [3.8, 4) is 0 Å². The van der Waals surface area contributed by atoms with Crippen molar-refractivity contribution in [3.63, 3.8) is 0 Å². The molecule has 0 aliphatic rings. The van der Waals surface area contributed by atoms with E-state index in [1.165, 1.54) is 5.56 Å². The van der Waals surface area contributed by atoms with Gasteiger partial charge in [-0.25, -0.2) is 0 Å². The smallest absolute Gasteiger partial charge is 0.191 e. The molecule has 2 rings (SSSR count). The molecule has 0 heterocycles. The number of hydrogen-bond donors (Lipinski definition) is 2. The highest BCUT2D eigenvalue weighted by atomic mass is 35.5. The van der Waals surface area contributed by atoms with Crippen LogP contribution in [0.25, 0.3) is 0 Å². The van der Waals surface area contributed by atoms with Gasteiger partial charge in [0.25, 0.3) is 0 Å². The van der Waals surface area contributed by atoms with Crippen molar-refractivity contribution in [3.05, 3.63) is 65.7 Å². The maximum atomic E-state index is 5.80. The van der Waals surface area contributed by atoms with Gasteiger partial charge in [-0.3, -0.25) is 5.43 Å². The molecule has 0 saturated carbocycles. The van der Waals surface area contributed by atoms with E-state index < -0.39 is 0 Å². The van der Waals surface area contributed by atoms with Crippen LogP contribution in [0.3, 0.4) is 0 Å². The lowest BCUT2D eigenvalue weighted by Gasteiger charge is -2.10. The number of hydrazone groups is 1. The summed E-state index contributed by atoms with van der Waals surface area (Å²) in [6.45, 7) is 2.05. The molecule has 5 heteroatoms. The predicted molar refractivity (Wildman–Crippen MR) is 103 cm³/mol. The summed E-state index contributed by atoms with van der Waals surface area (Å²) in [4.78, 5) is 0. The monoisotopic (exact) mass is 345 g/mol. The lowest BCUT2D eigenvalue weighted by molar-refractivity contribution is 0.959. The lowest BCUT2D eigenvalue weighted by atomic mass is 10.1. The normalized spacial score (nSPS) is 11.1. The minimum atomic E-state index is 0.466. The van der Waals surface area contributed by atoms with Crippen LogP contribution in [-0.4, -0.2) is 16.7 Å².